The van der Waals surface area contributed by atoms with Crippen LogP contribution in [0.4, 0.5) is 0 Å². The Labute approximate surface area is 74.3 Å². The van der Waals surface area contributed by atoms with Gasteiger partial charge < -0.3 is 10.8 Å². The molecule has 0 bridgehead atoms. The van der Waals surface area contributed by atoms with Gasteiger partial charge in [-0.2, -0.15) is 0 Å². The summed E-state index contributed by atoms with van der Waals surface area (Å²) in [7, 11) is 0. The highest BCUT2D eigenvalue weighted by Crippen LogP contribution is 2.31. The van der Waals surface area contributed by atoms with Gasteiger partial charge in [-0.05, 0) is 12.8 Å². The van der Waals surface area contributed by atoms with Gasteiger partial charge in [0.1, 0.15) is 0 Å². The maximum atomic E-state index is 10.7. The van der Waals surface area contributed by atoms with Crippen LogP contribution in [0.1, 0.15) is 29.4 Å². The molecule has 0 aliphatic heterocycles. The predicted molar refractivity (Wildman–Crippen MR) is 42.8 cm³/mol. The van der Waals surface area contributed by atoms with E-state index in [2.05, 4.69) is 10.3 Å². The van der Waals surface area contributed by atoms with E-state index in [1.807, 2.05) is 0 Å². The number of carbonyl (C=O) groups is 1. The molecule has 1 aliphatic rings. The Balaban J connectivity index is 2.17. The minimum absolute atomic E-state index is 0.0411. The molecule has 1 heterocycles. The fraction of sp³-hybridized carbons (Fsp3) is 0.571. The van der Waals surface area contributed by atoms with Crippen molar-refractivity contribution in [2.75, 3.05) is 0 Å². The monoisotopic (exact) mass is 182 g/mol. The Morgan fingerprint density at radius 3 is 2.85 bits per heavy atom. The fourth-order valence-electron chi connectivity index (χ4n) is 1.33. The van der Waals surface area contributed by atoms with Crippen LogP contribution in [0.3, 0.4) is 0 Å². The molecule has 1 aromatic heterocycles. The zero-order chi connectivity index (χ0) is 9.42. The molecule has 1 saturated carbocycles. The van der Waals surface area contributed by atoms with Crippen LogP contribution in [0.2, 0.25) is 0 Å². The molecule has 0 radical (unpaired) electrons. The summed E-state index contributed by atoms with van der Waals surface area (Å²) in [5.41, 5.74) is 5.14. The molecule has 1 aliphatic carbocycles. The molecular weight excluding hydrogens is 172 g/mol. The highest BCUT2D eigenvalue weighted by molar-refractivity contribution is 5.90. The van der Waals surface area contributed by atoms with Gasteiger partial charge in [-0.1, -0.05) is 5.21 Å². The summed E-state index contributed by atoms with van der Waals surface area (Å²) in [4.78, 5) is 10.7. The number of carbonyl (C=O) groups excluding carboxylic acids is 1. The summed E-state index contributed by atoms with van der Waals surface area (Å²) in [6.07, 6.45) is 2.73. The average Bonchev–Trinajstić information content (AvgIpc) is 2.50. The van der Waals surface area contributed by atoms with Gasteiger partial charge in [-0.25, -0.2) is 4.68 Å². The first-order valence-corrected chi connectivity index (χ1v) is 4.08. The summed E-state index contributed by atoms with van der Waals surface area (Å²) in [6, 6.07) is -0.0411. The molecule has 1 amide bonds. The van der Waals surface area contributed by atoms with Crippen molar-refractivity contribution in [1.29, 1.82) is 0 Å². The van der Waals surface area contributed by atoms with Gasteiger partial charge in [0.05, 0.1) is 18.3 Å². The molecule has 0 spiro atoms. The van der Waals surface area contributed by atoms with Gasteiger partial charge in [0, 0.05) is 0 Å². The highest BCUT2D eigenvalue weighted by Gasteiger charge is 2.31. The van der Waals surface area contributed by atoms with E-state index in [1.54, 1.807) is 0 Å². The van der Waals surface area contributed by atoms with Gasteiger partial charge in [0.15, 0.2) is 5.69 Å². The lowest BCUT2D eigenvalue weighted by Gasteiger charge is -2.31. The quantitative estimate of drug-likeness (QED) is 0.618. The molecule has 6 heteroatoms. The van der Waals surface area contributed by atoms with Crippen molar-refractivity contribution in [3.63, 3.8) is 0 Å². The molecule has 70 valence electrons. The number of aliphatic hydroxyl groups excluding tert-OH is 1. The van der Waals surface area contributed by atoms with Gasteiger partial charge in [-0.15, -0.1) is 5.10 Å². The standard InChI is InChI=1S/C7H10N4O2/c8-7(13)4-3-11(10-9-4)5-1-2-6(5)12/h3,5-6,12H,1-2H2,(H2,8,13). The predicted octanol–water partition coefficient (Wildman–Crippen LogP) is -0.927. The maximum absolute atomic E-state index is 10.7. The van der Waals surface area contributed by atoms with Crippen LogP contribution in [-0.2, 0) is 0 Å². The number of hydrogen-bond acceptors (Lipinski definition) is 4. The van der Waals surface area contributed by atoms with Crippen molar-refractivity contribution in [3.05, 3.63) is 11.9 Å². The van der Waals surface area contributed by atoms with Crippen LogP contribution < -0.4 is 5.73 Å². The van der Waals surface area contributed by atoms with Gasteiger partial charge in [0.2, 0.25) is 0 Å². The Morgan fingerprint density at radius 2 is 2.46 bits per heavy atom. The van der Waals surface area contributed by atoms with Crippen molar-refractivity contribution in [1.82, 2.24) is 15.0 Å². The third-order valence-corrected chi connectivity index (χ3v) is 2.30. The van der Waals surface area contributed by atoms with Gasteiger partial charge in [0.25, 0.3) is 5.91 Å². The number of aliphatic hydroxyl groups is 1. The summed E-state index contributed by atoms with van der Waals surface area (Å²) < 4.78 is 1.49. The zero-order valence-electron chi connectivity index (χ0n) is 6.92. The molecule has 0 saturated heterocycles. The third-order valence-electron chi connectivity index (χ3n) is 2.30. The Bertz CT molecular complexity index is 335. The van der Waals surface area contributed by atoms with E-state index in [9.17, 15) is 9.90 Å². The van der Waals surface area contributed by atoms with E-state index in [-0.39, 0.29) is 17.8 Å². The number of amides is 1. The van der Waals surface area contributed by atoms with E-state index >= 15 is 0 Å². The number of nitrogens with two attached hydrogens (primary N) is 1. The first-order valence-electron chi connectivity index (χ1n) is 4.08. The lowest BCUT2D eigenvalue weighted by Crippen LogP contribution is -2.34. The lowest BCUT2D eigenvalue weighted by atomic mass is 9.89. The fourth-order valence-corrected chi connectivity index (χ4v) is 1.33. The Hall–Kier alpha value is -1.43. The average molecular weight is 182 g/mol. The minimum Gasteiger partial charge on any atom is -0.391 e. The Morgan fingerprint density at radius 1 is 1.69 bits per heavy atom. The first-order chi connectivity index (χ1) is 6.18. The summed E-state index contributed by atoms with van der Waals surface area (Å²) in [6.45, 7) is 0. The minimum atomic E-state index is -0.597. The van der Waals surface area contributed by atoms with E-state index < -0.39 is 5.91 Å². The van der Waals surface area contributed by atoms with E-state index in [1.165, 1.54) is 10.9 Å². The third kappa shape index (κ3) is 1.29. The SMILES string of the molecule is NC(=O)c1cn(C2CCC2O)nn1. The van der Waals surface area contributed by atoms with Crippen molar-refractivity contribution in [3.8, 4) is 0 Å². The van der Waals surface area contributed by atoms with Crippen molar-refractivity contribution >= 4 is 5.91 Å². The number of aromatic nitrogens is 3. The van der Waals surface area contributed by atoms with Crippen molar-refractivity contribution < 1.29 is 9.90 Å². The number of rotatable bonds is 2. The summed E-state index contributed by atoms with van der Waals surface area (Å²) in [5, 5.41) is 16.6. The Kier molecular flexibility index (Phi) is 1.77. The maximum Gasteiger partial charge on any atom is 0.270 e. The van der Waals surface area contributed by atoms with Crippen LogP contribution in [-0.4, -0.2) is 32.1 Å². The summed E-state index contributed by atoms with van der Waals surface area (Å²) >= 11 is 0. The van der Waals surface area contributed by atoms with E-state index in [4.69, 9.17) is 5.73 Å². The van der Waals surface area contributed by atoms with Crippen LogP contribution in [0.25, 0.3) is 0 Å². The second-order valence-electron chi connectivity index (χ2n) is 3.16. The first kappa shape index (κ1) is 8.18. The van der Waals surface area contributed by atoms with Crippen LogP contribution >= 0.6 is 0 Å². The molecule has 6 nitrogen and oxygen atoms in total. The lowest BCUT2D eigenvalue weighted by molar-refractivity contribution is 0.0244. The van der Waals surface area contributed by atoms with Crippen LogP contribution in [0, 0.1) is 0 Å². The molecule has 2 rings (SSSR count). The molecular formula is C7H10N4O2. The number of primary amides is 1. The topological polar surface area (TPSA) is 94.0 Å². The molecule has 2 unspecified atom stereocenters. The smallest absolute Gasteiger partial charge is 0.270 e. The molecule has 1 fully saturated rings. The zero-order valence-corrected chi connectivity index (χ0v) is 6.92. The normalized spacial score (nSPS) is 26.8. The molecule has 3 N–H and O–H groups in total. The van der Waals surface area contributed by atoms with E-state index in [0.717, 1.165) is 12.8 Å². The van der Waals surface area contributed by atoms with E-state index in [0.29, 0.717) is 0 Å². The van der Waals surface area contributed by atoms with Crippen molar-refractivity contribution in [2.24, 2.45) is 5.73 Å². The van der Waals surface area contributed by atoms with Crippen molar-refractivity contribution in [2.45, 2.75) is 25.0 Å². The molecule has 2 atom stereocenters. The second kappa shape index (κ2) is 2.81. The second-order valence-corrected chi connectivity index (χ2v) is 3.16. The summed E-state index contributed by atoms with van der Waals surface area (Å²) in [5.74, 6) is -0.597. The largest absolute Gasteiger partial charge is 0.391 e. The molecule has 0 aromatic carbocycles. The number of nitrogens with zero attached hydrogens (tertiary/aromatic N) is 3. The molecule has 13 heavy (non-hydrogen) atoms. The van der Waals surface area contributed by atoms with Crippen LogP contribution in [0.15, 0.2) is 6.20 Å². The number of hydrogen-bond donors (Lipinski definition) is 2. The highest BCUT2D eigenvalue weighted by atomic mass is 16.3. The van der Waals surface area contributed by atoms with Crippen LogP contribution in [0.5, 0.6) is 0 Å². The van der Waals surface area contributed by atoms with Gasteiger partial charge >= 0.3 is 0 Å². The molecule has 1 aromatic rings. The van der Waals surface area contributed by atoms with Gasteiger partial charge in [-0.3, -0.25) is 4.79 Å².